The van der Waals surface area contributed by atoms with Crippen molar-refractivity contribution >= 4 is 34.8 Å². The Hall–Kier alpha value is -5.94. The smallest absolute Gasteiger partial charge is 0.417 e. The number of aromatic amines is 1. The number of rotatable bonds is 14. The molecule has 2 amide bonds. The first-order valence-electron chi connectivity index (χ1n) is 15.7. The summed E-state index contributed by atoms with van der Waals surface area (Å²) in [5.74, 6) is -5.30. The molecule has 4 aromatic carbocycles. The van der Waals surface area contributed by atoms with E-state index in [-0.39, 0.29) is 25.2 Å². The molecule has 0 aliphatic heterocycles. The fraction of sp³-hybridized carbons (Fsp3) is 0.211. The van der Waals surface area contributed by atoms with Crippen LogP contribution in [-0.2, 0) is 45.0 Å². The Labute approximate surface area is 282 Å². The number of H-pyrrole nitrogens is 1. The summed E-state index contributed by atoms with van der Waals surface area (Å²) in [7, 11) is 0. The highest BCUT2D eigenvalue weighted by atomic mass is 16.6. The van der Waals surface area contributed by atoms with Crippen molar-refractivity contribution in [3.63, 3.8) is 0 Å². The van der Waals surface area contributed by atoms with Crippen molar-refractivity contribution in [1.82, 2.24) is 9.88 Å². The maximum Gasteiger partial charge on any atom is 0.417 e. The molecule has 0 radical (unpaired) electrons. The van der Waals surface area contributed by atoms with Crippen LogP contribution in [0.5, 0.6) is 5.75 Å². The zero-order chi connectivity index (χ0) is 35.0. The number of nitrogens with one attached hydrogen (secondary N) is 1. The van der Waals surface area contributed by atoms with Gasteiger partial charge < -0.3 is 30.8 Å². The number of imide groups is 1. The number of ether oxygens (including phenoxy) is 1. The van der Waals surface area contributed by atoms with E-state index in [4.69, 9.17) is 10.5 Å². The fourth-order valence-electron chi connectivity index (χ4n) is 6.24. The van der Waals surface area contributed by atoms with E-state index in [1.165, 1.54) is 12.1 Å². The van der Waals surface area contributed by atoms with Crippen molar-refractivity contribution in [2.45, 2.75) is 43.9 Å². The molecule has 0 bridgehead atoms. The molecule has 5 rings (SSSR count). The number of amides is 2. The van der Waals surface area contributed by atoms with E-state index < -0.39 is 54.3 Å². The lowest BCUT2D eigenvalue weighted by atomic mass is 9.72. The first-order valence-corrected chi connectivity index (χ1v) is 15.7. The molecule has 0 spiro atoms. The van der Waals surface area contributed by atoms with Crippen LogP contribution in [0.1, 0.15) is 28.7 Å². The number of carboxylic acids is 2. The molecule has 3 atom stereocenters. The molecule has 11 heteroatoms. The maximum atomic E-state index is 14.6. The highest BCUT2D eigenvalue weighted by Crippen LogP contribution is 2.37. The number of carboxylic acid groups (broad SMARTS) is 2. The monoisotopic (exact) mass is 663 g/mol. The number of nitrogens with zero attached hydrogens (tertiary/aromatic N) is 1. The fourth-order valence-corrected chi connectivity index (χ4v) is 6.24. The highest BCUT2D eigenvalue weighted by molar-refractivity contribution is 6.01. The minimum atomic E-state index is -2.46. The summed E-state index contributed by atoms with van der Waals surface area (Å²) in [5, 5.41) is 32.1. The number of carbonyl (C=O) groups is 4. The normalized spacial score (nSPS) is 13.6. The molecule has 0 aliphatic carbocycles. The number of nitrogens with two attached hydrogens (primary N) is 1. The number of aromatic nitrogens is 1. The first-order chi connectivity index (χ1) is 23.6. The Balaban J connectivity index is 1.65. The average molecular weight is 664 g/mol. The molecule has 0 aliphatic rings. The molecule has 1 unspecified atom stereocenters. The van der Waals surface area contributed by atoms with Gasteiger partial charge in [0.25, 0.3) is 0 Å². The zero-order valence-electron chi connectivity index (χ0n) is 26.6. The van der Waals surface area contributed by atoms with Crippen LogP contribution < -0.4 is 5.73 Å². The lowest BCUT2D eigenvalue weighted by Crippen LogP contribution is -2.67. The molecule has 49 heavy (non-hydrogen) atoms. The second-order valence-corrected chi connectivity index (χ2v) is 11.9. The lowest BCUT2D eigenvalue weighted by Gasteiger charge is -2.44. The van der Waals surface area contributed by atoms with Gasteiger partial charge in [0, 0.05) is 29.4 Å². The van der Waals surface area contributed by atoms with Gasteiger partial charge in [0.05, 0.1) is 12.5 Å². The Morgan fingerprint density at radius 3 is 1.98 bits per heavy atom. The van der Waals surface area contributed by atoms with E-state index in [9.17, 15) is 34.5 Å². The summed E-state index contributed by atoms with van der Waals surface area (Å²) in [6.45, 7) is -0.288. The molecule has 0 saturated heterocycles. The van der Waals surface area contributed by atoms with Gasteiger partial charge in [-0.05, 0) is 53.3 Å². The van der Waals surface area contributed by atoms with Crippen molar-refractivity contribution in [1.29, 1.82) is 0 Å². The van der Waals surface area contributed by atoms with Gasteiger partial charge in [-0.25, -0.2) is 14.5 Å². The summed E-state index contributed by atoms with van der Waals surface area (Å²) in [6.07, 6.45) is -1.02. The molecule has 5 aromatic rings. The van der Waals surface area contributed by atoms with Crippen LogP contribution in [0.3, 0.4) is 0 Å². The summed E-state index contributed by atoms with van der Waals surface area (Å²) in [6, 6.07) is 28.9. The third kappa shape index (κ3) is 7.96. The molecule has 0 saturated carbocycles. The van der Waals surface area contributed by atoms with Crippen LogP contribution in [0.2, 0.25) is 0 Å². The summed E-state index contributed by atoms with van der Waals surface area (Å²) in [5.41, 5.74) is 6.93. The molecular formula is C38H37N3O8. The lowest BCUT2D eigenvalue weighted by molar-refractivity contribution is -0.164. The van der Waals surface area contributed by atoms with Gasteiger partial charge in [0.1, 0.15) is 12.4 Å². The quantitative estimate of drug-likeness (QED) is 0.105. The highest BCUT2D eigenvalue weighted by Gasteiger charge is 2.57. The number of phenols is 1. The third-order valence-corrected chi connectivity index (χ3v) is 8.62. The van der Waals surface area contributed by atoms with Crippen LogP contribution in [-0.4, -0.2) is 60.7 Å². The first kappa shape index (κ1) is 34.4. The number of phenolic OH excluding ortho intramolecular Hbond substituents is 1. The van der Waals surface area contributed by atoms with Crippen molar-refractivity contribution in [3.05, 3.63) is 138 Å². The molecule has 11 nitrogen and oxygen atoms in total. The van der Waals surface area contributed by atoms with Crippen molar-refractivity contribution in [2.24, 2.45) is 11.7 Å². The zero-order valence-corrected chi connectivity index (χ0v) is 26.6. The predicted molar refractivity (Wildman–Crippen MR) is 182 cm³/mol. The average Bonchev–Trinajstić information content (AvgIpc) is 3.48. The number of benzene rings is 4. The molecular weight excluding hydrogens is 626 g/mol. The van der Waals surface area contributed by atoms with Crippen LogP contribution in [0.4, 0.5) is 4.79 Å². The van der Waals surface area contributed by atoms with Gasteiger partial charge in [0.2, 0.25) is 5.91 Å². The summed E-state index contributed by atoms with van der Waals surface area (Å²) < 4.78 is 5.64. The van der Waals surface area contributed by atoms with E-state index in [2.05, 4.69) is 4.98 Å². The van der Waals surface area contributed by atoms with Crippen molar-refractivity contribution < 1.29 is 39.2 Å². The van der Waals surface area contributed by atoms with Crippen LogP contribution in [0, 0.1) is 5.92 Å². The van der Waals surface area contributed by atoms with E-state index in [0.29, 0.717) is 38.1 Å². The molecule has 252 valence electrons. The Morgan fingerprint density at radius 2 is 1.39 bits per heavy atom. The standard InChI is InChI=1S/C38H37N3O8/c39-32(19-28-23-40-33-17-16-30(42)21-31(28)33)35(45)41(37(48)49-24-27-14-8-3-9-15-27)38(36(46)47,22-26-12-6-2-7-13-26)29(20-34(43)44)18-25-10-4-1-5-11-25/h1-17,21,23,29,32,40,42H,18-20,22,24,39H2,(H,43,44)(H,46,47)/t29?,32-,38-/m0/s1. The van der Waals surface area contributed by atoms with Gasteiger partial charge in [-0.3, -0.25) is 9.59 Å². The number of hydrogen-bond donors (Lipinski definition) is 5. The van der Waals surface area contributed by atoms with Gasteiger partial charge >= 0.3 is 18.0 Å². The van der Waals surface area contributed by atoms with E-state index in [1.54, 1.807) is 103 Å². The van der Waals surface area contributed by atoms with E-state index in [1.807, 2.05) is 0 Å². The topological polar surface area (TPSA) is 183 Å². The maximum absolute atomic E-state index is 14.6. The second kappa shape index (κ2) is 15.3. The van der Waals surface area contributed by atoms with Gasteiger partial charge in [-0.1, -0.05) is 91.0 Å². The third-order valence-electron chi connectivity index (χ3n) is 8.62. The molecule has 6 N–H and O–H groups in total. The van der Waals surface area contributed by atoms with Crippen molar-refractivity contribution in [2.75, 3.05) is 0 Å². The SMILES string of the molecule is N[C@@H](Cc1c[nH]c2ccc(O)cc12)C(=O)N(C(=O)OCc1ccccc1)[C@](Cc1ccccc1)(C(=O)O)C(CC(=O)O)Cc1ccccc1. The van der Waals surface area contributed by atoms with Crippen molar-refractivity contribution in [3.8, 4) is 5.75 Å². The Bertz CT molecular complexity index is 1910. The van der Waals surface area contributed by atoms with Gasteiger partial charge in [0.15, 0.2) is 5.54 Å². The number of hydrogen-bond acceptors (Lipinski definition) is 7. The Kier molecular flexibility index (Phi) is 10.7. The molecule has 0 fully saturated rings. The number of aliphatic carboxylic acids is 2. The van der Waals surface area contributed by atoms with E-state index >= 15 is 0 Å². The number of fused-ring (bicyclic) bond motifs is 1. The van der Waals surface area contributed by atoms with Gasteiger partial charge in [-0.15, -0.1) is 0 Å². The molecule has 1 heterocycles. The predicted octanol–water partition coefficient (Wildman–Crippen LogP) is 5.31. The largest absolute Gasteiger partial charge is 0.508 e. The van der Waals surface area contributed by atoms with E-state index in [0.717, 1.165) is 0 Å². The van der Waals surface area contributed by atoms with Crippen LogP contribution in [0.15, 0.2) is 115 Å². The summed E-state index contributed by atoms with van der Waals surface area (Å²) >= 11 is 0. The number of carbonyl (C=O) groups excluding carboxylic acids is 2. The van der Waals surface area contributed by atoms with Gasteiger partial charge in [-0.2, -0.15) is 0 Å². The minimum absolute atomic E-state index is 0.00968. The number of aromatic hydroxyl groups is 1. The second-order valence-electron chi connectivity index (χ2n) is 11.9. The van der Waals surface area contributed by atoms with Crippen LogP contribution >= 0.6 is 0 Å². The van der Waals surface area contributed by atoms with Crippen LogP contribution in [0.25, 0.3) is 10.9 Å². The minimum Gasteiger partial charge on any atom is -0.508 e. The molecule has 1 aromatic heterocycles. The summed E-state index contributed by atoms with van der Waals surface area (Å²) in [4.78, 5) is 58.8. The Morgan fingerprint density at radius 1 is 0.796 bits per heavy atom.